The first-order valence-electron chi connectivity index (χ1n) is 7.86. The smallest absolute Gasteiger partial charge is 0.251 e. The summed E-state index contributed by atoms with van der Waals surface area (Å²) in [5.41, 5.74) is 0.387. The summed E-state index contributed by atoms with van der Waals surface area (Å²) in [5.74, 6) is -0.231. The van der Waals surface area contributed by atoms with Crippen LogP contribution in [-0.2, 0) is 10.0 Å². The van der Waals surface area contributed by atoms with Crippen LogP contribution in [0.3, 0.4) is 0 Å². The number of amides is 1. The van der Waals surface area contributed by atoms with Crippen molar-refractivity contribution in [2.45, 2.75) is 50.5 Å². The summed E-state index contributed by atoms with van der Waals surface area (Å²) in [4.78, 5) is 12.4. The number of hydrogen-bond donors (Lipinski definition) is 1. The lowest BCUT2D eigenvalue weighted by Gasteiger charge is -2.26. The van der Waals surface area contributed by atoms with E-state index in [1.807, 2.05) is 13.8 Å². The summed E-state index contributed by atoms with van der Waals surface area (Å²) in [6.07, 6.45) is 3.70. The second-order valence-electron chi connectivity index (χ2n) is 5.78. The second kappa shape index (κ2) is 7.24. The van der Waals surface area contributed by atoms with Crippen molar-refractivity contribution >= 4 is 15.9 Å². The van der Waals surface area contributed by atoms with Gasteiger partial charge in [0.05, 0.1) is 4.90 Å². The average Bonchev–Trinajstić information content (AvgIpc) is 2.55. The van der Waals surface area contributed by atoms with Crippen LogP contribution in [-0.4, -0.2) is 37.8 Å². The van der Waals surface area contributed by atoms with E-state index in [0.717, 1.165) is 25.7 Å². The fourth-order valence-electron chi connectivity index (χ4n) is 2.46. The zero-order valence-electron chi connectivity index (χ0n) is 13.2. The molecule has 0 bridgehead atoms. The number of hydrogen-bond acceptors (Lipinski definition) is 3. The zero-order chi connectivity index (χ0) is 16.2. The Morgan fingerprint density at radius 1 is 1.27 bits per heavy atom. The highest BCUT2D eigenvalue weighted by atomic mass is 32.2. The molecule has 5 nitrogen and oxygen atoms in total. The molecule has 6 heteroatoms. The van der Waals surface area contributed by atoms with Crippen molar-refractivity contribution in [1.29, 1.82) is 0 Å². The molecule has 1 aliphatic heterocycles. The molecular weight excluding hydrogens is 300 g/mol. The van der Waals surface area contributed by atoms with E-state index in [0.29, 0.717) is 18.7 Å². The standard InChI is InChI=1S/C16H24N2O3S/c1-3-13(2)17-16(19)14-8-7-9-15(12-14)22(20,21)18-10-5-4-6-11-18/h7-9,12-13H,3-6,10-11H2,1-2H3,(H,17,19)/t13-/m0/s1. The van der Waals surface area contributed by atoms with Crippen molar-refractivity contribution in [1.82, 2.24) is 9.62 Å². The predicted molar refractivity (Wildman–Crippen MR) is 86.3 cm³/mol. The fraction of sp³-hybridized carbons (Fsp3) is 0.562. The summed E-state index contributed by atoms with van der Waals surface area (Å²) in [6.45, 7) is 5.03. The van der Waals surface area contributed by atoms with Gasteiger partial charge in [-0.3, -0.25) is 4.79 Å². The first kappa shape index (κ1) is 17.0. The molecule has 1 aromatic carbocycles. The van der Waals surface area contributed by atoms with Crippen LogP contribution in [0.25, 0.3) is 0 Å². The normalized spacial score (nSPS) is 17.9. The van der Waals surface area contributed by atoms with Crippen LogP contribution in [0.1, 0.15) is 49.9 Å². The van der Waals surface area contributed by atoms with Gasteiger partial charge in [-0.25, -0.2) is 8.42 Å². The van der Waals surface area contributed by atoms with Gasteiger partial charge in [-0.15, -0.1) is 0 Å². The van der Waals surface area contributed by atoms with Crippen LogP contribution in [0, 0.1) is 0 Å². The molecule has 1 N–H and O–H groups in total. The van der Waals surface area contributed by atoms with Crippen molar-refractivity contribution in [3.63, 3.8) is 0 Å². The van der Waals surface area contributed by atoms with Crippen molar-refractivity contribution in [2.24, 2.45) is 0 Å². The summed E-state index contributed by atoms with van der Waals surface area (Å²) in [6, 6.07) is 6.37. The van der Waals surface area contributed by atoms with E-state index in [1.54, 1.807) is 18.2 Å². The number of carbonyl (C=O) groups excluding carboxylic acids is 1. The van der Waals surface area contributed by atoms with Crippen molar-refractivity contribution < 1.29 is 13.2 Å². The molecule has 0 unspecified atom stereocenters. The van der Waals surface area contributed by atoms with Crippen LogP contribution in [0.15, 0.2) is 29.2 Å². The Kier molecular flexibility index (Phi) is 5.58. The summed E-state index contributed by atoms with van der Waals surface area (Å²) in [5, 5.41) is 2.86. The largest absolute Gasteiger partial charge is 0.350 e. The third-order valence-corrected chi connectivity index (χ3v) is 5.93. The van der Waals surface area contributed by atoms with Crippen LogP contribution in [0.4, 0.5) is 0 Å². The molecule has 1 atom stereocenters. The lowest BCUT2D eigenvalue weighted by atomic mass is 10.2. The third-order valence-electron chi connectivity index (χ3n) is 4.04. The van der Waals surface area contributed by atoms with Gasteiger partial charge in [-0.05, 0) is 44.4 Å². The topological polar surface area (TPSA) is 66.5 Å². The summed E-state index contributed by atoms with van der Waals surface area (Å²) in [7, 11) is -3.50. The number of sulfonamides is 1. The molecular formula is C16H24N2O3S. The van der Waals surface area contributed by atoms with Crippen molar-refractivity contribution in [2.75, 3.05) is 13.1 Å². The highest BCUT2D eigenvalue weighted by Crippen LogP contribution is 2.21. The number of carbonyl (C=O) groups is 1. The Bertz CT molecular complexity index is 622. The van der Waals surface area contributed by atoms with E-state index < -0.39 is 10.0 Å². The first-order valence-corrected chi connectivity index (χ1v) is 9.30. The predicted octanol–water partition coefficient (Wildman–Crippen LogP) is 2.39. The van der Waals surface area contributed by atoms with Gasteiger partial charge in [0, 0.05) is 24.7 Å². The Morgan fingerprint density at radius 2 is 1.95 bits per heavy atom. The molecule has 0 saturated carbocycles. The van der Waals surface area contributed by atoms with Crippen LogP contribution in [0.5, 0.6) is 0 Å². The molecule has 122 valence electrons. The van der Waals surface area contributed by atoms with E-state index in [4.69, 9.17) is 0 Å². The van der Waals surface area contributed by atoms with Crippen LogP contribution >= 0.6 is 0 Å². The quantitative estimate of drug-likeness (QED) is 0.904. The average molecular weight is 324 g/mol. The monoisotopic (exact) mass is 324 g/mol. The highest BCUT2D eigenvalue weighted by molar-refractivity contribution is 7.89. The van der Waals surface area contributed by atoms with E-state index >= 15 is 0 Å². The highest BCUT2D eigenvalue weighted by Gasteiger charge is 2.26. The molecule has 2 rings (SSSR count). The van der Waals surface area contributed by atoms with Crippen LogP contribution < -0.4 is 5.32 Å². The maximum atomic E-state index is 12.6. The maximum Gasteiger partial charge on any atom is 0.251 e. The Hall–Kier alpha value is -1.40. The maximum absolute atomic E-state index is 12.6. The first-order chi connectivity index (χ1) is 10.4. The summed E-state index contributed by atoms with van der Waals surface area (Å²) < 4.78 is 26.8. The van der Waals surface area contributed by atoms with Gasteiger partial charge in [0.25, 0.3) is 5.91 Å². The van der Waals surface area contributed by atoms with Crippen molar-refractivity contribution in [3.8, 4) is 0 Å². The molecule has 1 aliphatic rings. The number of nitrogens with one attached hydrogen (secondary N) is 1. The molecule has 0 aromatic heterocycles. The Morgan fingerprint density at radius 3 is 2.59 bits per heavy atom. The molecule has 0 spiro atoms. The van der Waals surface area contributed by atoms with E-state index in [2.05, 4.69) is 5.32 Å². The minimum Gasteiger partial charge on any atom is -0.350 e. The molecule has 1 heterocycles. The number of nitrogens with zero attached hydrogens (tertiary/aromatic N) is 1. The van der Waals surface area contributed by atoms with Gasteiger partial charge >= 0.3 is 0 Å². The zero-order valence-corrected chi connectivity index (χ0v) is 14.0. The molecule has 22 heavy (non-hydrogen) atoms. The van der Waals surface area contributed by atoms with E-state index in [-0.39, 0.29) is 16.8 Å². The fourth-order valence-corrected chi connectivity index (χ4v) is 4.02. The minimum absolute atomic E-state index is 0.0647. The third kappa shape index (κ3) is 3.87. The van der Waals surface area contributed by atoms with E-state index in [9.17, 15) is 13.2 Å². The SMILES string of the molecule is CC[C@H](C)NC(=O)c1cccc(S(=O)(=O)N2CCCCC2)c1. The molecule has 1 aromatic rings. The molecule has 0 radical (unpaired) electrons. The Labute approximate surface area is 132 Å². The van der Waals surface area contributed by atoms with Gasteiger partial charge in [-0.2, -0.15) is 4.31 Å². The minimum atomic E-state index is -3.50. The van der Waals surface area contributed by atoms with Gasteiger partial charge in [0.15, 0.2) is 0 Å². The number of rotatable bonds is 5. The van der Waals surface area contributed by atoms with Gasteiger partial charge in [-0.1, -0.05) is 19.4 Å². The number of benzene rings is 1. The molecule has 0 aliphatic carbocycles. The van der Waals surface area contributed by atoms with Gasteiger partial charge in [0.1, 0.15) is 0 Å². The van der Waals surface area contributed by atoms with Gasteiger partial charge < -0.3 is 5.32 Å². The molecule has 1 saturated heterocycles. The summed E-state index contributed by atoms with van der Waals surface area (Å²) >= 11 is 0. The lowest BCUT2D eigenvalue weighted by molar-refractivity contribution is 0.0939. The van der Waals surface area contributed by atoms with Gasteiger partial charge in [0.2, 0.25) is 10.0 Å². The lowest BCUT2D eigenvalue weighted by Crippen LogP contribution is -2.36. The van der Waals surface area contributed by atoms with E-state index in [1.165, 1.54) is 10.4 Å². The number of piperidine rings is 1. The van der Waals surface area contributed by atoms with Crippen molar-refractivity contribution in [3.05, 3.63) is 29.8 Å². The Balaban J connectivity index is 2.22. The molecule has 1 amide bonds. The van der Waals surface area contributed by atoms with Crippen LogP contribution in [0.2, 0.25) is 0 Å². The second-order valence-corrected chi connectivity index (χ2v) is 7.71. The molecule has 1 fully saturated rings.